The van der Waals surface area contributed by atoms with Crippen molar-refractivity contribution < 1.29 is 0 Å². The van der Waals surface area contributed by atoms with Crippen molar-refractivity contribution in [3.05, 3.63) is 215 Å². The van der Waals surface area contributed by atoms with Gasteiger partial charge in [-0.05, 0) is 142 Å². The number of fused-ring (bicyclic) bond motifs is 6. The van der Waals surface area contributed by atoms with Gasteiger partial charge in [0.1, 0.15) is 0 Å². The highest BCUT2D eigenvalue weighted by molar-refractivity contribution is 6.00. The van der Waals surface area contributed by atoms with Crippen LogP contribution in [-0.2, 0) is 23.7 Å². The van der Waals surface area contributed by atoms with Crippen molar-refractivity contribution in [1.82, 2.24) is 0 Å². The van der Waals surface area contributed by atoms with Crippen LogP contribution in [0.5, 0.6) is 0 Å². The van der Waals surface area contributed by atoms with Gasteiger partial charge in [0.2, 0.25) is 0 Å². The summed E-state index contributed by atoms with van der Waals surface area (Å²) in [5, 5.41) is 2.53. The summed E-state index contributed by atoms with van der Waals surface area (Å²) in [6, 6.07) is 68.8. The average molecular weight is 761 g/mol. The van der Waals surface area contributed by atoms with Crippen molar-refractivity contribution in [2.24, 2.45) is 11.8 Å². The number of benzene rings is 8. The molecule has 0 heterocycles. The summed E-state index contributed by atoms with van der Waals surface area (Å²) in [4.78, 5) is 5.21. The number of hydrogen-bond donors (Lipinski definition) is 0. The van der Waals surface area contributed by atoms with Crippen molar-refractivity contribution in [3.8, 4) is 11.1 Å². The molecule has 8 aromatic rings. The minimum absolute atomic E-state index is 0.0943. The summed E-state index contributed by atoms with van der Waals surface area (Å²) >= 11 is 0. The lowest BCUT2D eigenvalue weighted by atomic mass is 9.58. The fourth-order valence-electron chi connectivity index (χ4n) is 12.5. The predicted octanol–water partition coefficient (Wildman–Crippen LogP) is 14.9. The second-order valence-electron chi connectivity index (χ2n) is 18.0. The van der Waals surface area contributed by atoms with E-state index in [1.807, 2.05) is 0 Å². The summed E-state index contributed by atoms with van der Waals surface area (Å²) in [7, 11) is 0. The van der Waals surface area contributed by atoms with Crippen LogP contribution < -0.4 is 9.80 Å². The molecule has 2 heteroatoms. The van der Waals surface area contributed by atoms with E-state index >= 15 is 0 Å². The molecule has 286 valence electrons. The van der Waals surface area contributed by atoms with E-state index < -0.39 is 0 Å². The molecule has 3 unspecified atom stereocenters. The van der Waals surface area contributed by atoms with Crippen molar-refractivity contribution in [2.45, 2.75) is 56.8 Å². The normalized spacial score (nSPS) is 20.2. The Morgan fingerprint density at radius 3 is 1.69 bits per heavy atom. The maximum atomic E-state index is 2.61. The van der Waals surface area contributed by atoms with E-state index in [0.29, 0.717) is 11.8 Å². The van der Waals surface area contributed by atoms with Gasteiger partial charge in [0.15, 0.2) is 0 Å². The van der Waals surface area contributed by atoms with E-state index in [-0.39, 0.29) is 10.8 Å². The predicted molar refractivity (Wildman–Crippen MR) is 246 cm³/mol. The van der Waals surface area contributed by atoms with Gasteiger partial charge in [-0.15, -0.1) is 0 Å². The number of hydrogen-bond acceptors (Lipinski definition) is 2. The van der Waals surface area contributed by atoms with Crippen molar-refractivity contribution in [3.63, 3.8) is 0 Å². The Kier molecular flexibility index (Phi) is 7.67. The van der Waals surface area contributed by atoms with Gasteiger partial charge >= 0.3 is 0 Å². The zero-order chi connectivity index (χ0) is 39.3. The van der Waals surface area contributed by atoms with Gasteiger partial charge in [0.25, 0.3) is 0 Å². The third-order valence-electron chi connectivity index (χ3n) is 14.8. The molecule has 4 aliphatic carbocycles. The largest absolute Gasteiger partial charge is 0.310 e. The lowest BCUT2D eigenvalue weighted by Gasteiger charge is -2.46. The number of para-hydroxylation sites is 2. The molecule has 0 N–H and O–H groups in total. The molecule has 0 aliphatic heterocycles. The van der Waals surface area contributed by atoms with Crippen LogP contribution in [0.4, 0.5) is 34.1 Å². The molecule has 8 aromatic carbocycles. The summed E-state index contributed by atoms with van der Waals surface area (Å²) in [5.74, 6) is 1.05. The first-order valence-corrected chi connectivity index (χ1v) is 21.7. The average Bonchev–Trinajstić information content (AvgIpc) is 3.89. The van der Waals surface area contributed by atoms with Crippen LogP contribution in [-0.4, -0.2) is 0 Å². The Hall–Kier alpha value is -6.38. The van der Waals surface area contributed by atoms with Gasteiger partial charge in [-0.25, -0.2) is 0 Å². The molecule has 0 amide bonds. The van der Waals surface area contributed by atoms with Crippen molar-refractivity contribution in [1.29, 1.82) is 0 Å². The quantitative estimate of drug-likeness (QED) is 0.167. The summed E-state index contributed by atoms with van der Waals surface area (Å²) in [6.45, 7) is 4.80. The fraction of sp³-hybridized carbons (Fsp3) is 0.193. The smallest absolute Gasteiger partial charge is 0.0540 e. The minimum atomic E-state index is -0.132. The van der Waals surface area contributed by atoms with Gasteiger partial charge in [0, 0.05) is 33.3 Å². The molecule has 1 spiro atoms. The molecule has 59 heavy (non-hydrogen) atoms. The summed E-state index contributed by atoms with van der Waals surface area (Å²) in [6.07, 6.45) is 6.01. The molecule has 0 aromatic heterocycles. The second kappa shape index (κ2) is 13.1. The molecule has 4 aliphatic rings. The van der Waals surface area contributed by atoms with Crippen molar-refractivity contribution in [2.75, 3.05) is 9.80 Å². The van der Waals surface area contributed by atoms with Crippen LogP contribution in [0.3, 0.4) is 0 Å². The molecular formula is C57H48N2. The van der Waals surface area contributed by atoms with Gasteiger partial charge in [-0.2, -0.15) is 0 Å². The highest BCUT2D eigenvalue weighted by atomic mass is 15.2. The molecule has 0 radical (unpaired) electrons. The maximum Gasteiger partial charge on any atom is 0.0540 e. The van der Waals surface area contributed by atoms with E-state index in [2.05, 4.69) is 206 Å². The number of rotatable bonds is 6. The monoisotopic (exact) mass is 760 g/mol. The number of anilines is 6. The van der Waals surface area contributed by atoms with E-state index in [1.165, 1.54) is 97.5 Å². The highest BCUT2D eigenvalue weighted by Gasteiger charge is 2.60. The second-order valence-corrected chi connectivity index (χ2v) is 18.0. The lowest BCUT2D eigenvalue weighted by molar-refractivity contribution is 0.177. The molecule has 1 saturated carbocycles. The Labute approximate surface area is 348 Å². The van der Waals surface area contributed by atoms with E-state index in [4.69, 9.17) is 0 Å². The van der Waals surface area contributed by atoms with E-state index in [0.717, 1.165) is 12.8 Å². The van der Waals surface area contributed by atoms with Crippen LogP contribution in [0, 0.1) is 11.8 Å². The minimum Gasteiger partial charge on any atom is -0.310 e. The third kappa shape index (κ3) is 4.93. The fourth-order valence-corrected chi connectivity index (χ4v) is 12.5. The van der Waals surface area contributed by atoms with Crippen LogP contribution in [0.2, 0.25) is 0 Å². The Morgan fingerprint density at radius 2 is 0.983 bits per heavy atom. The van der Waals surface area contributed by atoms with E-state index in [1.54, 1.807) is 11.1 Å². The summed E-state index contributed by atoms with van der Waals surface area (Å²) < 4.78 is 0. The van der Waals surface area contributed by atoms with E-state index in [9.17, 15) is 0 Å². The van der Waals surface area contributed by atoms with Gasteiger partial charge in [-0.3, -0.25) is 0 Å². The topological polar surface area (TPSA) is 6.48 Å². The van der Waals surface area contributed by atoms with Gasteiger partial charge < -0.3 is 9.80 Å². The molecular weight excluding hydrogens is 713 g/mol. The number of nitrogens with zero attached hydrogens (tertiary/aromatic N) is 2. The molecule has 12 rings (SSSR count). The molecule has 0 bridgehead atoms. The van der Waals surface area contributed by atoms with Crippen LogP contribution >= 0.6 is 0 Å². The SMILES string of the molecule is CC1(C)c2ccccc2-c2ccc(N(c3ccccc3)c3cccc4c3C35c6c(cccc6N(c6ccccc6)c6cccc7ccccc67)CC3CCCC5C4)cc21. The molecule has 2 nitrogen and oxygen atoms in total. The first-order chi connectivity index (χ1) is 29.0. The maximum absolute atomic E-state index is 2.61. The van der Waals surface area contributed by atoms with Gasteiger partial charge in [-0.1, -0.05) is 148 Å². The lowest BCUT2D eigenvalue weighted by Crippen LogP contribution is -2.42. The van der Waals surface area contributed by atoms with Crippen LogP contribution in [0.15, 0.2) is 182 Å². The first-order valence-electron chi connectivity index (χ1n) is 21.7. The van der Waals surface area contributed by atoms with Crippen LogP contribution in [0.1, 0.15) is 66.5 Å². The third-order valence-corrected chi connectivity index (χ3v) is 14.8. The first kappa shape index (κ1) is 34.6. The zero-order valence-corrected chi connectivity index (χ0v) is 33.9. The Morgan fingerprint density at radius 1 is 0.441 bits per heavy atom. The van der Waals surface area contributed by atoms with Crippen LogP contribution in [0.25, 0.3) is 21.9 Å². The molecule has 3 atom stereocenters. The Bertz CT molecular complexity index is 2910. The van der Waals surface area contributed by atoms with Crippen molar-refractivity contribution >= 4 is 44.9 Å². The standard InChI is InChI=1S/C57H48N2/c1-56(2)49-29-12-11-28-47(49)48-34-33-45(37-50(48)56)58(43-23-5-3-6-24-43)52-31-14-19-39-35-41-21-16-22-42-36-40-20-15-32-53(55(40)57(41,42)54(39)52)59(44-25-7-4-8-26-44)51-30-13-18-38-17-9-10-27-46(38)51/h3-15,17-20,23-34,37,41-42H,16,21-22,35-36H2,1-2H3. The van der Waals surface area contributed by atoms with Gasteiger partial charge in [0.05, 0.1) is 17.1 Å². The Balaban J connectivity index is 1.12. The summed E-state index contributed by atoms with van der Waals surface area (Å²) in [5.41, 5.74) is 19.0. The molecule has 0 saturated heterocycles. The molecule has 1 fully saturated rings. The zero-order valence-electron chi connectivity index (χ0n) is 33.9. The highest BCUT2D eigenvalue weighted by Crippen LogP contribution is 2.67.